The van der Waals surface area contributed by atoms with E-state index in [1.165, 1.54) is 0 Å². The van der Waals surface area contributed by atoms with Gasteiger partial charge in [-0.05, 0) is 0 Å². The van der Waals surface area contributed by atoms with Gasteiger partial charge >= 0.3 is 11.9 Å². The van der Waals surface area contributed by atoms with Gasteiger partial charge in [0, 0.05) is 40.5 Å². The zero-order chi connectivity index (χ0) is 92.1. The van der Waals surface area contributed by atoms with Crippen molar-refractivity contribution in [2.75, 3.05) is 59.5 Å². The van der Waals surface area contributed by atoms with Crippen LogP contribution in [0.25, 0.3) is 0 Å². The molecule has 4 amide bonds. The monoisotopic (exact) mass is 1820 g/mol. The van der Waals surface area contributed by atoms with E-state index in [0.29, 0.717) is 0 Å². The second-order valence-electron chi connectivity index (χ2n) is 31.0. The Balaban J connectivity index is 0.902. The molecule has 56 heteroatoms. The number of amides is 4. The highest BCUT2D eigenvalue weighted by atomic mass is 16.8. The standard InChI is InChI=1S/C68H112N4O52/c1-16(82)69-31-20(86)5-67(65(104)105,121-52(31)35(90)22(88)7-73)123-55-38(93)25(10-76)110-63(46(55)101)115-48-27(12-78)112-59(33(40(48)95)71-18(3)84)119-54-37(92)24(9-75)109-62(45(54)100)117-50-29(14-80)114-61(43(98)42(50)97)118-51-30(15-81)108-58(103)44(99)57(51)120-60-34(72-19(4)85)41(96)49(28(13-79)113-60)116-64-47(102)56(39(94)26(11-77)111-64)124-68(66(106)107)6-21(87)32(70-17(2)83)53(122-68)36(91)23(89)8-74/h20-64,73-81,86-103H,5-15H2,1-4H3,(H,69,82)(H,70,83)(H,71,84)(H,72,85)(H,104,105)(H,106,107)/t20-,21-,22+,23+,24+,25+,26+,27+,28+,29+,30+,31+,32+,33+,34+,35+,36+,37-,38-,39-,40+,41+,42+,43+,44+,45+,46+,47+,48+,49+,50+,51-,52+,53+,54-,55-,56-,57+,58+,59-,60-,61-,62-,63-,64-,67-,68-/m0/s1. The van der Waals surface area contributed by atoms with Gasteiger partial charge in [0.05, 0.1) is 83.8 Å². The predicted octanol–water partition coefficient (Wildman–Crippen LogP) is -21.6. The average molecular weight is 1820 g/mol. The molecular formula is C68H112N4O52. The Hall–Kier alpha value is -4.94. The number of aliphatic hydroxyl groups is 27. The lowest BCUT2D eigenvalue weighted by atomic mass is 9.88. The van der Waals surface area contributed by atoms with Crippen LogP contribution in [0.3, 0.4) is 0 Å². The number of carbonyl (C=O) groups excluding carboxylic acids is 4. The van der Waals surface area contributed by atoms with Crippen molar-refractivity contribution >= 4 is 35.6 Å². The third-order valence-corrected chi connectivity index (χ3v) is 22.3. The van der Waals surface area contributed by atoms with Crippen LogP contribution in [-0.2, 0) is 109 Å². The largest absolute Gasteiger partial charge is 0.477 e. The highest BCUT2D eigenvalue weighted by molar-refractivity contribution is 5.78. The second-order valence-corrected chi connectivity index (χ2v) is 31.0. The van der Waals surface area contributed by atoms with E-state index in [1.807, 2.05) is 0 Å². The molecule has 9 rings (SSSR count). The molecule has 716 valence electrons. The Morgan fingerprint density at radius 3 is 0.919 bits per heavy atom. The smallest absolute Gasteiger partial charge is 0.364 e. The summed E-state index contributed by atoms with van der Waals surface area (Å²) in [4.78, 5) is 76.6. The molecule has 9 aliphatic heterocycles. The quantitative estimate of drug-likeness (QED) is 0.0280. The molecular weight excluding hydrogens is 1700 g/mol. The SMILES string of the molecule is CC(=O)N[C@H]1[C@H](O[C@H]2[C@@H](O)[C@@H](CO)O[C@@H](O[C@H]3[C@H](O)[C@@H](O)[C@H](O[C@@H]4[C@H](O[C@@H]5O[C@H](CO)[C@@H](O[C@@H]6O[C@H](CO)[C@H](O)[C@H](O[C@]7(C(=O)O)C[C@H](O)[C@@H](NC(C)=O)[C@H]([C@H](O)[C@H](O)CO)O7)[C@H]6O)[C@H](O)[C@H]5NC(C)=O)[C@@H](O)[C@H](O)O[C@@H]4CO)O[C@@H]3CO)[C@@H]2O)O[C@H](CO)[C@@H](O[C@@H]2O[C@H](CO)[C@H](O)[C@H](O[C@]3(C(=O)O)C[C@H](O)[C@@H](NC(C)=O)[C@H]([C@H](O)[C@H](O)CO)O3)[C@H]2O)[C@@H]1O. The molecule has 0 radical (unpaired) electrons. The maximum atomic E-state index is 13.2. The topological polar surface area (TPSA) is 894 Å². The Labute approximate surface area is 699 Å². The Bertz CT molecular complexity index is 3450. The van der Waals surface area contributed by atoms with Gasteiger partial charge in [-0.15, -0.1) is 0 Å². The fraction of sp³-hybridized carbons (Fsp3) is 0.912. The number of carboxylic acids is 2. The molecule has 9 saturated heterocycles. The highest BCUT2D eigenvalue weighted by Crippen LogP contribution is 2.44. The maximum Gasteiger partial charge on any atom is 0.364 e. The first-order chi connectivity index (χ1) is 58.4. The van der Waals surface area contributed by atoms with Crippen LogP contribution in [0, 0.1) is 0 Å². The van der Waals surface area contributed by atoms with Gasteiger partial charge in [-0.3, -0.25) is 19.2 Å². The molecule has 9 fully saturated rings. The van der Waals surface area contributed by atoms with E-state index in [0.717, 1.165) is 27.7 Å². The number of aliphatic carboxylic acids is 2. The van der Waals surface area contributed by atoms with Crippen molar-refractivity contribution in [1.29, 1.82) is 0 Å². The van der Waals surface area contributed by atoms with Crippen molar-refractivity contribution in [3.05, 3.63) is 0 Å². The van der Waals surface area contributed by atoms with Crippen LogP contribution in [0.5, 0.6) is 0 Å². The fourth-order valence-electron chi connectivity index (χ4n) is 16.0. The van der Waals surface area contributed by atoms with Crippen LogP contribution >= 0.6 is 0 Å². The normalized spacial score (nSPS) is 46.3. The van der Waals surface area contributed by atoms with E-state index in [1.54, 1.807) is 0 Å². The molecule has 47 atom stereocenters. The lowest BCUT2D eigenvalue weighted by Crippen LogP contribution is -2.71. The first-order valence-corrected chi connectivity index (χ1v) is 38.9. The molecule has 0 unspecified atom stereocenters. The van der Waals surface area contributed by atoms with E-state index in [2.05, 4.69) is 21.3 Å². The van der Waals surface area contributed by atoms with Crippen LogP contribution in [-0.4, -0.2) is 530 Å². The van der Waals surface area contributed by atoms with Crippen molar-refractivity contribution in [2.24, 2.45) is 0 Å². The molecule has 0 aliphatic carbocycles. The van der Waals surface area contributed by atoms with Crippen molar-refractivity contribution < 1.29 is 257 Å². The van der Waals surface area contributed by atoms with Gasteiger partial charge in [0.2, 0.25) is 23.6 Å². The molecule has 0 bridgehead atoms. The summed E-state index contributed by atoms with van der Waals surface area (Å²) in [7, 11) is 0. The first kappa shape index (κ1) is 103. The zero-order valence-corrected chi connectivity index (χ0v) is 66.1. The van der Waals surface area contributed by atoms with Gasteiger partial charge in [0.15, 0.2) is 44.0 Å². The lowest BCUT2D eigenvalue weighted by Gasteiger charge is -2.51. The molecule has 9 heterocycles. The summed E-state index contributed by atoms with van der Waals surface area (Å²) in [5.74, 6) is -14.6. The maximum absolute atomic E-state index is 13.2. The molecule has 0 aromatic heterocycles. The number of aliphatic hydroxyl groups excluding tert-OH is 27. The fourth-order valence-corrected chi connectivity index (χ4v) is 16.0. The summed E-state index contributed by atoms with van der Waals surface area (Å²) in [6, 6.07) is -7.52. The van der Waals surface area contributed by atoms with Gasteiger partial charge in [-0.25, -0.2) is 9.59 Å². The summed E-state index contributed by atoms with van der Waals surface area (Å²) in [6.45, 7) is -7.26. The van der Waals surface area contributed by atoms with Crippen molar-refractivity contribution in [3.8, 4) is 0 Å². The van der Waals surface area contributed by atoms with Crippen molar-refractivity contribution in [1.82, 2.24) is 21.3 Å². The van der Waals surface area contributed by atoms with Crippen molar-refractivity contribution in [3.63, 3.8) is 0 Å². The molecule has 0 aromatic carbocycles. The van der Waals surface area contributed by atoms with Gasteiger partial charge in [-0.2, -0.15) is 0 Å². The molecule has 56 nitrogen and oxygen atoms in total. The molecule has 0 saturated carbocycles. The number of hydrogen-bond donors (Lipinski definition) is 33. The first-order valence-electron chi connectivity index (χ1n) is 38.9. The van der Waals surface area contributed by atoms with E-state index in [4.69, 9.17) is 80.5 Å². The van der Waals surface area contributed by atoms with Gasteiger partial charge in [-0.1, -0.05) is 0 Å². The second kappa shape index (κ2) is 43.9. The average Bonchev–Trinajstić information content (AvgIpc) is 0.758. The Kier molecular flexibility index (Phi) is 36.4. The highest BCUT2D eigenvalue weighted by Gasteiger charge is 2.65. The number of nitrogens with one attached hydrogen (secondary N) is 4. The lowest BCUT2D eigenvalue weighted by molar-refractivity contribution is -0.399. The summed E-state index contributed by atoms with van der Waals surface area (Å²) < 4.78 is 98.6. The van der Waals surface area contributed by atoms with Crippen LogP contribution in [0.1, 0.15) is 40.5 Å². The molecule has 124 heavy (non-hydrogen) atoms. The van der Waals surface area contributed by atoms with E-state index in [-0.39, 0.29) is 0 Å². The van der Waals surface area contributed by atoms with Gasteiger partial charge in [0.1, 0.15) is 207 Å². The summed E-state index contributed by atoms with van der Waals surface area (Å²) >= 11 is 0. The predicted molar refractivity (Wildman–Crippen MR) is 378 cm³/mol. The minimum Gasteiger partial charge on any atom is -0.477 e. The van der Waals surface area contributed by atoms with E-state index < -0.39 is 395 Å². The summed E-state index contributed by atoms with van der Waals surface area (Å²) in [5, 5.41) is 330. The van der Waals surface area contributed by atoms with Crippen LogP contribution in [0.4, 0.5) is 0 Å². The third-order valence-electron chi connectivity index (χ3n) is 22.3. The number of hydrogen-bond acceptors (Lipinski definition) is 50. The van der Waals surface area contributed by atoms with Crippen LogP contribution < -0.4 is 21.3 Å². The number of carboxylic acid groups (broad SMARTS) is 2. The van der Waals surface area contributed by atoms with Gasteiger partial charge in [0.25, 0.3) is 11.6 Å². The number of ether oxygens (including phenoxy) is 17. The van der Waals surface area contributed by atoms with E-state index in [9.17, 15) is 177 Å². The summed E-state index contributed by atoms with van der Waals surface area (Å²) in [5.41, 5.74) is 0. The minimum absolute atomic E-state index is 0.870. The molecule has 33 N–H and O–H groups in total. The summed E-state index contributed by atoms with van der Waals surface area (Å²) in [6.07, 6.45) is -93.6. The number of carbonyl (C=O) groups is 6. The number of rotatable bonds is 35. The molecule has 9 aliphatic rings. The zero-order valence-electron chi connectivity index (χ0n) is 66.1. The van der Waals surface area contributed by atoms with Crippen molar-refractivity contribution in [2.45, 2.75) is 328 Å². The third kappa shape index (κ3) is 22.1. The minimum atomic E-state index is -3.28. The molecule has 0 aromatic rings. The van der Waals surface area contributed by atoms with E-state index >= 15 is 0 Å². The van der Waals surface area contributed by atoms with Gasteiger partial charge < -0.3 is 250 Å². The van der Waals surface area contributed by atoms with Crippen LogP contribution in [0.2, 0.25) is 0 Å². The Morgan fingerprint density at radius 2 is 0.589 bits per heavy atom. The molecule has 0 spiro atoms. The Morgan fingerprint density at radius 1 is 0.315 bits per heavy atom. The van der Waals surface area contributed by atoms with Crippen LogP contribution in [0.15, 0.2) is 0 Å².